The Labute approximate surface area is 99.0 Å². The summed E-state index contributed by atoms with van der Waals surface area (Å²) in [5, 5.41) is 0. The molecule has 0 bridgehead atoms. The van der Waals surface area contributed by atoms with E-state index in [-0.39, 0.29) is 0 Å². The van der Waals surface area contributed by atoms with Gasteiger partial charge in [0.2, 0.25) is 5.95 Å². The Morgan fingerprint density at radius 1 is 1.33 bits per heavy atom. The van der Waals surface area contributed by atoms with Crippen molar-refractivity contribution < 1.29 is 0 Å². The normalized spacial score (nSPS) is 14.7. The van der Waals surface area contributed by atoms with E-state index in [2.05, 4.69) is 30.8 Å². The monoisotopic (exact) mass is 272 g/mol. The van der Waals surface area contributed by atoms with Crippen molar-refractivity contribution in [2.24, 2.45) is 0 Å². The molecule has 0 aliphatic carbocycles. The number of nitrogens with zero attached hydrogens (tertiary/aromatic N) is 3. The Bertz CT molecular complexity index is 310. The zero-order valence-electron chi connectivity index (χ0n) is 9.20. The smallest absolute Gasteiger partial charge is 0.227 e. The number of nitrogen functional groups attached to an aromatic ring is 1. The molecule has 1 aliphatic heterocycles. The number of hydrogen-bond acceptors (Lipinski definition) is 4. The largest absolute Gasteiger partial charge is 0.383 e. The summed E-state index contributed by atoms with van der Waals surface area (Å²) in [4.78, 5) is 10.6. The molecule has 1 aromatic heterocycles. The van der Waals surface area contributed by atoms with Gasteiger partial charge in [-0.1, -0.05) is 13.8 Å². The molecule has 1 aliphatic rings. The molecule has 15 heavy (non-hydrogen) atoms. The summed E-state index contributed by atoms with van der Waals surface area (Å²) in [6.45, 7) is 6.09. The number of hydrogen-bond donors (Lipinski definition) is 1. The van der Waals surface area contributed by atoms with E-state index < -0.39 is 0 Å². The molecule has 0 aromatic carbocycles. The van der Waals surface area contributed by atoms with Crippen molar-refractivity contribution in [2.75, 3.05) is 23.7 Å². The summed E-state index contributed by atoms with van der Waals surface area (Å²) >= 11 is 3.27. The Kier molecular flexibility index (Phi) is 4.81. The first-order valence-corrected chi connectivity index (χ1v) is 6.09. The third-order valence-electron chi connectivity index (χ3n) is 2.15. The Morgan fingerprint density at radius 3 is 2.47 bits per heavy atom. The molecule has 4 nitrogen and oxygen atoms in total. The highest BCUT2D eigenvalue weighted by atomic mass is 79.9. The van der Waals surface area contributed by atoms with Crippen molar-refractivity contribution in [3.63, 3.8) is 0 Å². The van der Waals surface area contributed by atoms with Crippen LogP contribution in [0, 0.1) is 0 Å². The van der Waals surface area contributed by atoms with Crippen LogP contribution in [-0.2, 0) is 0 Å². The van der Waals surface area contributed by atoms with Gasteiger partial charge in [0.15, 0.2) is 0 Å². The molecule has 0 amide bonds. The first kappa shape index (κ1) is 12.2. The SMILES string of the molecule is CC.Nc1nc(N2CCCC2)ncc1Br. The average Bonchev–Trinajstić information content (AvgIpc) is 2.78. The number of aromatic nitrogens is 2. The van der Waals surface area contributed by atoms with Crippen molar-refractivity contribution in [1.29, 1.82) is 0 Å². The van der Waals surface area contributed by atoms with Crippen molar-refractivity contribution >= 4 is 27.7 Å². The Morgan fingerprint density at radius 2 is 1.93 bits per heavy atom. The summed E-state index contributed by atoms with van der Waals surface area (Å²) < 4.78 is 0.760. The van der Waals surface area contributed by atoms with Gasteiger partial charge in [-0.25, -0.2) is 4.98 Å². The molecule has 1 saturated heterocycles. The highest BCUT2D eigenvalue weighted by Gasteiger charge is 2.15. The molecule has 2 N–H and O–H groups in total. The number of nitrogens with two attached hydrogens (primary N) is 1. The van der Waals surface area contributed by atoms with E-state index in [1.54, 1.807) is 6.20 Å². The summed E-state index contributed by atoms with van der Waals surface area (Å²) in [7, 11) is 0. The second-order valence-electron chi connectivity index (χ2n) is 3.10. The van der Waals surface area contributed by atoms with Crippen LogP contribution >= 0.6 is 15.9 Å². The summed E-state index contributed by atoms with van der Waals surface area (Å²) in [6, 6.07) is 0. The maximum atomic E-state index is 5.66. The van der Waals surface area contributed by atoms with Gasteiger partial charge in [0, 0.05) is 19.3 Å². The van der Waals surface area contributed by atoms with Crippen molar-refractivity contribution in [1.82, 2.24) is 9.97 Å². The first-order chi connectivity index (χ1) is 7.27. The van der Waals surface area contributed by atoms with Crippen LogP contribution in [0.2, 0.25) is 0 Å². The van der Waals surface area contributed by atoms with Gasteiger partial charge in [0.1, 0.15) is 5.82 Å². The third kappa shape index (κ3) is 3.06. The minimum Gasteiger partial charge on any atom is -0.383 e. The number of anilines is 2. The number of halogens is 1. The maximum Gasteiger partial charge on any atom is 0.227 e. The molecule has 0 radical (unpaired) electrons. The van der Waals surface area contributed by atoms with Crippen LogP contribution in [0.3, 0.4) is 0 Å². The van der Waals surface area contributed by atoms with E-state index in [9.17, 15) is 0 Å². The van der Waals surface area contributed by atoms with E-state index in [0.29, 0.717) is 5.82 Å². The lowest BCUT2D eigenvalue weighted by Crippen LogP contribution is -2.20. The van der Waals surface area contributed by atoms with Crippen LogP contribution in [0.25, 0.3) is 0 Å². The number of rotatable bonds is 1. The lowest BCUT2D eigenvalue weighted by molar-refractivity contribution is 0.899. The summed E-state index contributed by atoms with van der Waals surface area (Å²) in [5.41, 5.74) is 5.66. The van der Waals surface area contributed by atoms with Crippen LogP contribution < -0.4 is 10.6 Å². The van der Waals surface area contributed by atoms with E-state index in [0.717, 1.165) is 23.5 Å². The molecule has 0 unspecified atom stereocenters. The molecule has 0 spiro atoms. The molecular formula is C10H17BrN4. The minimum absolute atomic E-state index is 0.511. The fourth-order valence-electron chi connectivity index (χ4n) is 1.44. The average molecular weight is 273 g/mol. The lowest BCUT2D eigenvalue weighted by Gasteiger charge is -2.14. The molecule has 1 aromatic rings. The molecule has 2 heterocycles. The lowest BCUT2D eigenvalue weighted by atomic mass is 10.4. The quantitative estimate of drug-likeness (QED) is 0.853. The second kappa shape index (κ2) is 5.90. The van der Waals surface area contributed by atoms with Crippen LogP contribution in [0.15, 0.2) is 10.7 Å². The van der Waals surface area contributed by atoms with E-state index >= 15 is 0 Å². The van der Waals surface area contributed by atoms with Gasteiger partial charge in [-0.2, -0.15) is 4.98 Å². The van der Waals surface area contributed by atoms with Crippen molar-refractivity contribution in [2.45, 2.75) is 26.7 Å². The molecule has 0 saturated carbocycles. The predicted molar refractivity (Wildman–Crippen MR) is 66.9 cm³/mol. The van der Waals surface area contributed by atoms with Gasteiger partial charge in [-0.05, 0) is 28.8 Å². The molecule has 5 heteroatoms. The zero-order valence-corrected chi connectivity index (χ0v) is 10.8. The minimum atomic E-state index is 0.511. The Balaban J connectivity index is 0.000000531. The zero-order chi connectivity index (χ0) is 11.3. The van der Waals surface area contributed by atoms with Crippen molar-refractivity contribution in [3.05, 3.63) is 10.7 Å². The van der Waals surface area contributed by atoms with E-state index in [1.165, 1.54) is 12.8 Å². The molecule has 1 fully saturated rings. The summed E-state index contributed by atoms with van der Waals surface area (Å²) in [5.74, 6) is 1.26. The molecule has 2 rings (SSSR count). The van der Waals surface area contributed by atoms with Gasteiger partial charge >= 0.3 is 0 Å². The van der Waals surface area contributed by atoms with Gasteiger partial charge in [0.25, 0.3) is 0 Å². The molecule has 0 atom stereocenters. The molecule has 84 valence electrons. The summed E-state index contributed by atoms with van der Waals surface area (Å²) in [6.07, 6.45) is 4.15. The fraction of sp³-hybridized carbons (Fsp3) is 0.600. The van der Waals surface area contributed by atoms with Crippen molar-refractivity contribution in [3.8, 4) is 0 Å². The molecular weight excluding hydrogens is 256 g/mol. The first-order valence-electron chi connectivity index (χ1n) is 5.30. The highest BCUT2D eigenvalue weighted by molar-refractivity contribution is 9.10. The van der Waals surface area contributed by atoms with Gasteiger partial charge in [0.05, 0.1) is 4.47 Å². The second-order valence-corrected chi connectivity index (χ2v) is 3.95. The third-order valence-corrected chi connectivity index (χ3v) is 2.76. The van der Waals surface area contributed by atoms with Crippen LogP contribution in [-0.4, -0.2) is 23.1 Å². The topological polar surface area (TPSA) is 55.0 Å². The van der Waals surface area contributed by atoms with E-state index in [1.807, 2.05) is 13.8 Å². The predicted octanol–water partition coefficient (Wildman–Crippen LogP) is 2.45. The standard InChI is InChI=1S/C8H11BrN4.C2H6/c9-6-5-11-8(12-7(6)10)13-3-1-2-4-13;1-2/h5H,1-4H2,(H2,10,11,12);1-2H3. The van der Waals surface area contributed by atoms with E-state index in [4.69, 9.17) is 5.73 Å². The van der Waals surface area contributed by atoms with Crippen LogP contribution in [0.4, 0.5) is 11.8 Å². The van der Waals surface area contributed by atoms with Gasteiger partial charge in [-0.3, -0.25) is 0 Å². The highest BCUT2D eigenvalue weighted by Crippen LogP contribution is 2.20. The van der Waals surface area contributed by atoms with Gasteiger partial charge in [-0.15, -0.1) is 0 Å². The van der Waals surface area contributed by atoms with Crippen LogP contribution in [0.1, 0.15) is 26.7 Å². The fourth-order valence-corrected chi connectivity index (χ4v) is 1.63. The maximum absolute atomic E-state index is 5.66. The Hall–Kier alpha value is -0.840. The van der Waals surface area contributed by atoms with Gasteiger partial charge < -0.3 is 10.6 Å². The van der Waals surface area contributed by atoms with Crippen LogP contribution in [0.5, 0.6) is 0 Å².